The van der Waals surface area contributed by atoms with Crippen LogP contribution in [0.15, 0.2) is 46.3 Å². The molecule has 6 nitrogen and oxygen atoms in total. The van der Waals surface area contributed by atoms with Crippen LogP contribution in [-0.2, 0) is 24.2 Å². The minimum absolute atomic E-state index is 0.0212. The fourth-order valence-electron chi connectivity index (χ4n) is 4.74. The first-order chi connectivity index (χ1) is 16.2. The molecule has 174 valence electrons. The van der Waals surface area contributed by atoms with Crippen molar-refractivity contribution in [2.75, 3.05) is 38.5 Å². The number of piperazine rings is 1. The molecule has 0 unspecified atom stereocenters. The first-order valence-corrected chi connectivity index (χ1v) is 13.7. The van der Waals surface area contributed by atoms with Crippen molar-refractivity contribution in [3.63, 3.8) is 0 Å². The van der Waals surface area contributed by atoms with Gasteiger partial charge in [-0.25, -0.2) is 4.98 Å². The van der Waals surface area contributed by atoms with E-state index in [2.05, 4.69) is 34.1 Å². The second-order valence-electron chi connectivity index (χ2n) is 8.77. The summed E-state index contributed by atoms with van der Waals surface area (Å²) in [5, 5.41) is 0.798. The molecular weight excluding hydrogens is 452 g/mol. The van der Waals surface area contributed by atoms with Gasteiger partial charge in [0.15, 0.2) is 0 Å². The lowest BCUT2D eigenvalue weighted by Gasteiger charge is -2.34. The molecule has 1 saturated heterocycles. The van der Waals surface area contributed by atoms with Gasteiger partial charge in [0, 0.05) is 61.2 Å². The monoisotopic (exact) mass is 482 g/mol. The number of thiophene rings is 1. The number of carbonyl (C=O) groups excluding carboxylic acids is 1. The highest BCUT2D eigenvalue weighted by atomic mass is 32.2. The Morgan fingerprint density at radius 1 is 1.03 bits per heavy atom. The third-order valence-electron chi connectivity index (χ3n) is 6.65. The quantitative estimate of drug-likeness (QED) is 0.481. The molecule has 0 N–H and O–H groups in total. The molecule has 0 bridgehead atoms. The smallest absolute Gasteiger partial charge is 0.262 e. The Morgan fingerprint density at radius 3 is 2.64 bits per heavy atom. The van der Waals surface area contributed by atoms with Gasteiger partial charge in [-0.2, -0.15) is 0 Å². The summed E-state index contributed by atoms with van der Waals surface area (Å²) >= 11 is 3.55. The summed E-state index contributed by atoms with van der Waals surface area (Å²) in [5.74, 6) is 1.19. The van der Waals surface area contributed by atoms with Gasteiger partial charge in [0.25, 0.3) is 5.56 Å². The van der Waals surface area contributed by atoms with Gasteiger partial charge in [0.2, 0.25) is 5.91 Å². The topological polar surface area (TPSA) is 58.4 Å². The minimum Gasteiger partial charge on any atom is -0.340 e. The molecule has 3 aromatic rings. The van der Waals surface area contributed by atoms with Gasteiger partial charge < -0.3 is 4.90 Å². The maximum absolute atomic E-state index is 13.1. The van der Waals surface area contributed by atoms with E-state index in [-0.39, 0.29) is 11.5 Å². The molecule has 2 aromatic heterocycles. The van der Waals surface area contributed by atoms with Crippen molar-refractivity contribution in [2.24, 2.45) is 0 Å². The van der Waals surface area contributed by atoms with Gasteiger partial charge in [0.05, 0.1) is 11.7 Å². The molecule has 1 aromatic carbocycles. The predicted octanol–water partition coefficient (Wildman–Crippen LogP) is 3.66. The minimum atomic E-state index is 0.0212. The molecule has 0 radical (unpaired) electrons. The van der Waals surface area contributed by atoms with E-state index in [1.807, 2.05) is 22.7 Å². The number of thioether (sulfide) groups is 1. The maximum Gasteiger partial charge on any atom is 0.262 e. The van der Waals surface area contributed by atoms with Crippen molar-refractivity contribution in [3.8, 4) is 0 Å². The summed E-state index contributed by atoms with van der Waals surface area (Å²) in [6.45, 7) is 4.79. The summed E-state index contributed by atoms with van der Waals surface area (Å²) in [4.78, 5) is 38.3. The molecule has 0 atom stereocenters. The largest absolute Gasteiger partial charge is 0.340 e. The molecule has 1 aliphatic carbocycles. The molecule has 2 aliphatic rings. The van der Waals surface area contributed by atoms with Crippen LogP contribution in [0.4, 0.5) is 0 Å². The summed E-state index contributed by atoms with van der Waals surface area (Å²) in [5.41, 5.74) is 1.23. The van der Waals surface area contributed by atoms with Crippen molar-refractivity contribution in [1.82, 2.24) is 19.4 Å². The fraction of sp³-hybridized carbons (Fsp3) is 0.480. The van der Waals surface area contributed by atoms with Crippen molar-refractivity contribution in [3.05, 3.63) is 57.5 Å². The number of rotatable bonds is 7. The molecule has 33 heavy (non-hydrogen) atoms. The van der Waals surface area contributed by atoms with E-state index < -0.39 is 0 Å². The van der Waals surface area contributed by atoms with Crippen molar-refractivity contribution < 1.29 is 4.79 Å². The maximum atomic E-state index is 13.1. The Bertz CT molecular complexity index is 1170. The second kappa shape index (κ2) is 10.4. The zero-order valence-corrected chi connectivity index (χ0v) is 20.5. The van der Waals surface area contributed by atoms with Crippen LogP contribution in [-0.4, -0.2) is 63.7 Å². The van der Waals surface area contributed by atoms with E-state index in [0.717, 1.165) is 68.0 Å². The second-order valence-corrected chi connectivity index (χ2v) is 11.0. The Morgan fingerprint density at radius 2 is 1.82 bits per heavy atom. The van der Waals surface area contributed by atoms with Crippen LogP contribution in [0.1, 0.15) is 29.7 Å². The zero-order chi connectivity index (χ0) is 22.6. The van der Waals surface area contributed by atoms with Crippen LogP contribution in [0.25, 0.3) is 10.2 Å². The number of carbonyl (C=O) groups is 1. The van der Waals surface area contributed by atoms with Crippen LogP contribution in [0.5, 0.6) is 0 Å². The number of fused-ring (bicyclic) bond motifs is 3. The van der Waals surface area contributed by atoms with E-state index in [0.29, 0.717) is 13.0 Å². The van der Waals surface area contributed by atoms with Gasteiger partial charge >= 0.3 is 0 Å². The Hall–Kier alpha value is -2.16. The summed E-state index contributed by atoms with van der Waals surface area (Å²) in [7, 11) is 0. The summed E-state index contributed by atoms with van der Waals surface area (Å²) in [6.07, 6.45) is 6.35. The van der Waals surface area contributed by atoms with Crippen molar-refractivity contribution >= 4 is 39.2 Å². The lowest BCUT2D eigenvalue weighted by Crippen LogP contribution is -2.49. The van der Waals surface area contributed by atoms with Gasteiger partial charge in [-0.15, -0.1) is 23.1 Å². The molecule has 3 heterocycles. The van der Waals surface area contributed by atoms with Crippen molar-refractivity contribution in [1.29, 1.82) is 0 Å². The summed E-state index contributed by atoms with van der Waals surface area (Å²) in [6, 6.07) is 10.5. The average molecular weight is 483 g/mol. The summed E-state index contributed by atoms with van der Waals surface area (Å²) < 4.78 is 1.64. The highest BCUT2D eigenvalue weighted by molar-refractivity contribution is 7.99. The van der Waals surface area contributed by atoms with Crippen LogP contribution < -0.4 is 5.56 Å². The zero-order valence-electron chi connectivity index (χ0n) is 18.9. The first kappa shape index (κ1) is 22.6. The van der Waals surface area contributed by atoms with Crippen LogP contribution in [0.3, 0.4) is 0 Å². The number of aromatic nitrogens is 2. The molecule has 1 amide bonds. The Kier molecular flexibility index (Phi) is 7.13. The molecular formula is C25H30N4O2S2. The third kappa shape index (κ3) is 5.18. The van der Waals surface area contributed by atoms with E-state index in [1.165, 1.54) is 21.8 Å². The number of hydrogen-bond donors (Lipinski definition) is 0. The average Bonchev–Trinajstić information content (AvgIpc) is 3.24. The van der Waals surface area contributed by atoms with Gasteiger partial charge in [-0.1, -0.05) is 18.2 Å². The highest BCUT2D eigenvalue weighted by Gasteiger charge is 2.22. The van der Waals surface area contributed by atoms with Gasteiger partial charge in [-0.3, -0.25) is 19.1 Å². The SMILES string of the molecule is O=C(CCn1cnc2sc3c(c2c1=O)CCCC3)N1CCN(CCSc2ccccc2)CC1. The lowest BCUT2D eigenvalue weighted by atomic mass is 9.97. The number of hydrogen-bond acceptors (Lipinski definition) is 6. The number of nitrogens with zero attached hydrogens (tertiary/aromatic N) is 4. The number of benzene rings is 1. The number of aryl methyl sites for hydroxylation is 3. The predicted molar refractivity (Wildman–Crippen MR) is 135 cm³/mol. The van der Waals surface area contributed by atoms with E-state index in [1.54, 1.807) is 22.2 Å². The van der Waals surface area contributed by atoms with Crippen LogP contribution >= 0.6 is 23.1 Å². The van der Waals surface area contributed by atoms with Crippen LogP contribution in [0, 0.1) is 0 Å². The molecule has 1 fully saturated rings. The normalized spacial score (nSPS) is 16.8. The Balaban J connectivity index is 1.11. The molecule has 5 rings (SSSR count). The van der Waals surface area contributed by atoms with E-state index >= 15 is 0 Å². The van der Waals surface area contributed by atoms with Crippen molar-refractivity contribution in [2.45, 2.75) is 43.5 Å². The Labute approximate surface area is 202 Å². The standard InChI is InChI=1S/C25H30N4O2S2/c30-22(28-14-12-27(13-15-28)16-17-32-19-6-2-1-3-7-19)10-11-29-18-26-24-23(25(29)31)20-8-4-5-9-21(20)33-24/h1-3,6-7,18H,4-5,8-17H2. The van der Waals surface area contributed by atoms with E-state index in [9.17, 15) is 9.59 Å². The first-order valence-electron chi connectivity index (χ1n) is 11.9. The van der Waals surface area contributed by atoms with Gasteiger partial charge in [0.1, 0.15) is 4.83 Å². The third-order valence-corrected chi connectivity index (χ3v) is 8.84. The van der Waals surface area contributed by atoms with Gasteiger partial charge in [-0.05, 0) is 43.4 Å². The number of amides is 1. The molecule has 0 spiro atoms. The molecule has 1 aliphatic heterocycles. The lowest BCUT2D eigenvalue weighted by molar-refractivity contribution is -0.133. The highest BCUT2D eigenvalue weighted by Crippen LogP contribution is 2.33. The van der Waals surface area contributed by atoms with E-state index in [4.69, 9.17) is 0 Å². The molecule has 0 saturated carbocycles. The van der Waals surface area contributed by atoms with Crippen LogP contribution in [0.2, 0.25) is 0 Å². The molecule has 8 heteroatoms. The fourth-order valence-corrected chi connectivity index (χ4v) is 6.90.